The highest BCUT2D eigenvalue weighted by Crippen LogP contribution is 2.46. The Morgan fingerprint density at radius 1 is 1.18 bits per heavy atom. The quantitative estimate of drug-likeness (QED) is 0.746. The van der Waals surface area contributed by atoms with Gasteiger partial charge < -0.3 is 4.74 Å². The first-order valence-corrected chi connectivity index (χ1v) is 7.31. The molecule has 1 atom stereocenters. The monoisotopic (exact) mass is 238 g/mol. The molecular formula is C15H26O2. The average Bonchev–Trinajstić information content (AvgIpc) is 2.33. The molecule has 0 aromatic heterocycles. The van der Waals surface area contributed by atoms with Gasteiger partial charge in [0.2, 0.25) is 0 Å². The fourth-order valence-electron chi connectivity index (χ4n) is 3.49. The summed E-state index contributed by atoms with van der Waals surface area (Å²) in [6.45, 7) is 6.57. The number of carbonyl (C=O) groups is 1. The molecule has 1 unspecified atom stereocenters. The van der Waals surface area contributed by atoms with Crippen LogP contribution in [0.3, 0.4) is 0 Å². The Balaban J connectivity index is 1.89. The molecular weight excluding hydrogens is 212 g/mol. The van der Waals surface area contributed by atoms with Crippen LogP contribution in [0.1, 0.15) is 65.7 Å². The van der Waals surface area contributed by atoms with Crippen LogP contribution < -0.4 is 0 Å². The van der Waals surface area contributed by atoms with E-state index < -0.39 is 0 Å². The van der Waals surface area contributed by atoms with Crippen molar-refractivity contribution in [3.63, 3.8) is 0 Å². The Bertz CT molecular complexity index is 273. The normalized spacial score (nSPS) is 36.6. The molecule has 0 aromatic carbocycles. The lowest BCUT2D eigenvalue weighted by molar-refractivity contribution is -0.176. The van der Waals surface area contributed by atoms with Gasteiger partial charge in [-0.2, -0.15) is 0 Å². The molecule has 0 saturated heterocycles. The second-order valence-corrected chi connectivity index (χ2v) is 6.00. The van der Waals surface area contributed by atoms with E-state index in [-0.39, 0.29) is 11.5 Å². The first kappa shape index (κ1) is 13.1. The van der Waals surface area contributed by atoms with Gasteiger partial charge in [0.15, 0.2) is 0 Å². The molecule has 2 heteroatoms. The SMILES string of the molecule is CCC1(CC)C(=O)CC1OC1CCC(C)CC1. The molecule has 17 heavy (non-hydrogen) atoms. The second kappa shape index (κ2) is 5.09. The molecule has 2 saturated carbocycles. The summed E-state index contributed by atoms with van der Waals surface area (Å²) >= 11 is 0. The number of ketones is 1. The van der Waals surface area contributed by atoms with Gasteiger partial charge in [-0.05, 0) is 44.4 Å². The van der Waals surface area contributed by atoms with Crippen molar-refractivity contribution < 1.29 is 9.53 Å². The predicted octanol–water partition coefficient (Wildman–Crippen LogP) is 3.73. The van der Waals surface area contributed by atoms with Crippen LogP contribution in [0.25, 0.3) is 0 Å². The fourth-order valence-corrected chi connectivity index (χ4v) is 3.49. The van der Waals surface area contributed by atoms with E-state index in [4.69, 9.17) is 4.74 Å². The lowest BCUT2D eigenvalue weighted by atomic mass is 9.61. The lowest BCUT2D eigenvalue weighted by Crippen LogP contribution is -2.55. The van der Waals surface area contributed by atoms with Gasteiger partial charge >= 0.3 is 0 Å². The zero-order valence-electron chi connectivity index (χ0n) is 11.5. The maximum atomic E-state index is 11.8. The van der Waals surface area contributed by atoms with Gasteiger partial charge in [0.25, 0.3) is 0 Å². The van der Waals surface area contributed by atoms with Crippen LogP contribution in [0.5, 0.6) is 0 Å². The highest BCUT2D eigenvalue weighted by molar-refractivity contribution is 5.92. The van der Waals surface area contributed by atoms with Crippen LogP contribution in [0.15, 0.2) is 0 Å². The van der Waals surface area contributed by atoms with Gasteiger partial charge in [0.1, 0.15) is 5.78 Å². The molecule has 0 heterocycles. The van der Waals surface area contributed by atoms with Crippen LogP contribution in [0.2, 0.25) is 0 Å². The molecule has 0 N–H and O–H groups in total. The number of carbonyl (C=O) groups excluding carboxylic acids is 1. The third kappa shape index (κ3) is 2.29. The van der Waals surface area contributed by atoms with E-state index >= 15 is 0 Å². The van der Waals surface area contributed by atoms with E-state index in [1.807, 2.05) is 0 Å². The summed E-state index contributed by atoms with van der Waals surface area (Å²) in [6, 6.07) is 0. The molecule has 2 nitrogen and oxygen atoms in total. The number of hydrogen-bond donors (Lipinski definition) is 0. The standard InChI is InChI=1S/C15H26O2/c1-4-15(5-2)13(16)10-14(15)17-12-8-6-11(3)7-9-12/h11-12,14H,4-10H2,1-3H3. The van der Waals surface area contributed by atoms with Crippen molar-refractivity contribution >= 4 is 5.78 Å². The van der Waals surface area contributed by atoms with Crippen molar-refractivity contribution in [3.8, 4) is 0 Å². The number of ether oxygens (including phenoxy) is 1. The highest BCUT2D eigenvalue weighted by atomic mass is 16.5. The molecule has 2 rings (SSSR count). The minimum Gasteiger partial charge on any atom is -0.373 e. The van der Waals surface area contributed by atoms with Crippen molar-refractivity contribution in [2.24, 2.45) is 11.3 Å². The molecule has 0 amide bonds. The summed E-state index contributed by atoms with van der Waals surface area (Å²) in [5, 5.41) is 0. The minimum absolute atomic E-state index is 0.136. The number of hydrogen-bond acceptors (Lipinski definition) is 2. The van der Waals surface area contributed by atoms with E-state index in [1.165, 1.54) is 25.7 Å². The van der Waals surface area contributed by atoms with Crippen LogP contribution in [-0.4, -0.2) is 18.0 Å². The van der Waals surface area contributed by atoms with Crippen molar-refractivity contribution in [1.29, 1.82) is 0 Å². The van der Waals surface area contributed by atoms with Gasteiger partial charge in [-0.25, -0.2) is 0 Å². The van der Waals surface area contributed by atoms with E-state index in [2.05, 4.69) is 20.8 Å². The second-order valence-electron chi connectivity index (χ2n) is 6.00. The Kier molecular flexibility index (Phi) is 3.92. The van der Waals surface area contributed by atoms with Gasteiger partial charge in [0.05, 0.1) is 17.6 Å². The third-order valence-corrected chi connectivity index (χ3v) is 5.12. The van der Waals surface area contributed by atoms with Crippen LogP contribution in [0.4, 0.5) is 0 Å². The first-order valence-electron chi connectivity index (χ1n) is 7.31. The van der Waals surface area contributed by atoms with Gasteiger partial charge in [-0.1, -0.05) is 20.8 Å². The minimum atomic E-state index is -0.136. The number of rotatable bonds is 4. The summed E-state index contributed by atoms with van der Waals surface area (Å²) in [5.41, 5.74) is -0.136. The summed E-state index contributed by atoms with van der Waals surface area (Å²) in [6.07, 6.45) is 8.13. The maximum absolute atomic E-state index is 11.8. The molecule has 98 valence electrons. The van der Waals surface area contributed by atoms with Crippen LogP contribution in [-0.2, 0) is 9.53 Å². The lowest BCUT2D eigenvalue weighted by Gasteiger charge is -2.48. The van der Waals surface area contributed by atoms with Gasteiger partial charge in [0, 0.05) is 6.42 Å². The van der Waals surface area contributed by atoms with Crippen molar-refractivity contribution in [1.82, 2.24) is 0 Å². The smallest absolute Gasteiger partial charge is 0.144 e. The Hall–Kier alpha value is -0.370. The Morgan fingerprint density at radius 2 is 1.76 bits per heavy atom. The molecule has 0 aromatic rings. The Labute approximate surface area is 105 Å². The summed E-state index contributed by atoms with van der Waals surface area (Å²) in [7, 11) is 0. The van der Waals surface area contributed by atoms with Crippen LogP contribution >= 0.6 is 0 Å². The van der Waals surface area contributed by atoms with Gasteiger partial charge in [-0.3, -0.25) is 4.79 Å². The Morgan fingerprint density at radius 3 is 2.24 bits per heavy atom. The summed E-state index contributed by atoms with van der Waals surface area (Å²) in [5.74, 6) is 1.29. The van der Waals surface area contributed by atoms with Gasteiger partial charge in [-0.15, -0.1) is 0 Å². The highest BCUT2D eigenvalue weighted by Gasteiger charge is 2.53. The molecule has 0 bridgehead atoms. The summed E-state index contributed by atoms with van der Waals surface area (Å²) < 4.78 is 6.22. The fraction of sp³-hybridized carbons (Fsp3) is 0.933. The maximum Gasteiger partial charge on any atom is 0.144 e. The first-order chi connectivity index (χ1) is 8.12. The number of Topliss-reactive ketones (excluding diaryl/α,β-unsaturated/α-hetero) is 1. The molecule has 0 spiro atoms. The average molecular weight is 238 g/mol. The molecule has 2 fully saturated rings. The van der Waals surface area contributed by atoms with Crippen molar-refractivity contribution in [2.75, 3.05) is 0 Å². The van der Waals surface area contributed by atoms with Crippen molar-refractivity contribution in [3.05, 3.63) is 0 Å². The zero-order chi connectivity index (χ0) is 12.5. The topological polar surface area (TPSA) is 26.3 Å². The molecule has 2 aliphatic carbocycles. The van der Waals surface area contributed by atoms with Crippen LogP contribution in [0, 0.1) is 11.3 Å². The largest absolute Gasteiger partial charge is 0.373 e. The zero-order valence-corrected chi connectivity index (χ0v) is 11.5. The van der Waals surface area contributed by atoms with E-state index in [9.17, 15) is 4.79 Å². The van der Waals surface area contributed by atoms with E-state index in [1.54, 1.807) is 0 Å². The van der Waals surface area contributed by atoms with Crippen molar-refractivity contribution in [2.45, 2.75) is 77.9 Å². The van der Waals surface area contributed by atoms with E-state index in [0.717, 1.165) is 18.8 Å². The molecule has 2 aliphatic rings. The third-order valence-electron chi connectivity index (χ3n) is 5.12. The summed E-state index contributed by atoms with van der Waals surface area (Å²) in [4.78, 5) is 11.8. The molecule has 0 radical (unpaired) electrons. The van der Waals surface area contributed by atoms with E-state index in [0.29, 0.717) is 18.3 Å². The molecule has 0 aliphatic heterocycles. The predicted molar refractivity (Wildman–Crippen MR) is 68.9 cm³/mol.